The number of nitrogens with one attached hydrogen (secondary N) is 1. The second kappa shape index (κ2) is 11.2. The van der Waals surface area contributed by atoms with E-state index in [-0.39, 0.29) is 5.91 Å². The first-order chi connectivity index (χ1) is 15.7. The van der Waals surface area contributed by atoms with Crippen molar-refractivity contribution in [3.63, 3.8) is 0 Å². The topological polar surface area (TPSA) is 57.7 Å². The minimum Gasteiger partial charge on any atom is -0.434 e. The van der Waals surface area contributed by atoms with Crippen molar-refractivity contribution in [2.45, 2.75) is 64.7 Å². The lowest BCUT2D eigenvalue weighted by Crippen LogP contribution is -2.40. The van der Waals surface area contributed by atoms with E-state index in [1.54, 1.807) is 6.20 Å². The van der Waals surface area contributed by atoms with E-state index in [2.05, 4.69) is 20.1 Å². The number of fused-ring (bicyclic) bond motifs is 1. The zero-order valence-electron chi connectivity index (χ0n) is 19.3. The Labute approximate surface area is 197 Å². The Morgan fingerprint density at radius 3 is 2.72 bits per heavy atom. The fourth-order valence-corrected chi connectivity index (χ4v) is 5.34. The van der Waals surface area contributed by atoms with Crippen LogP contribution in [0, 0.1) is 5.92 Å². The molecule has 7 heteroatoms. The van der Waals surface area contributed by atoms with Crippen molar-refractivity contribution in [1.82, 2.24) is 15.2 Å². The molecule has 1 saturated heterocycles. The number of aromatic nitrogens is 1. The second-order valence-electron chi connectivity index (χ2n) is 9.23. The van der Waals surface area contributed by atoms with Crippen molar-refractivity contribution >= 4 is 28.8 Å². The molecule has 174 valence electrons. The van der Waals surface area contributed by atoms with Crippen LogP contribution in [0.3, 0.4) is 0 Å². The predicted molar refractivity (Wildman–Crippen MR) is 132 cm³/mol. The number of ether oxygens (including phenoxy) is 1. The molecule has 3 aliphatic rings. The minimum absolute atomic E-state index is 0.0840. The van der Waals surface area contributed by atoms with Gasteiger partial charge in [-0.25, -0.2) is 4.98 Å². The van der Waals surface area contributed by atoms with Crippen LogP contribution in [0.4, 0.5) is 5.69 Å². The monoisotopic (exact) mass is 456 g/mol. The first kappa shape index (κ1) is 23.2. The number of pyridine rings is 1. The van der Waals surface area contributed by atoms with Gasteiger partial charge in [0.05, 0.1) is 5.56 Å². The van der Waals surface area contributed by atoms with Crippen LogP contribution in [0.1, 0.15) is 75.1 Å². The first-order valence-corrected chi connectivity index (χ1v) is 12.7. The van der Waals surface area contributed by atoms with Gasteiger partial charge in [-0.15, -0.1) is 0 Å². The summed E-state index contributed by atoms with van der Waals surface area (Å²) in [6, 6.07) is 1.89. The van der Waals surface area contributed by atoms with Gasteiger partial charge in [-0.1, -0.05) is 37.9 Å². The SMILES string of the molecule is C/C=C1\Oc2ncc(C(=O)NCCCN3CCCCC3)cc2N(CC2CCCCC2)C1=S. The van der Waals surface area contributed by atoms with E-state index < -0.39 is 0 Å². The first-order valence-electron chi connectivity index (χ1n) is 12.3. The zero-order valence-corrected chi connectivity index (χ0v) is 20.1. The lowest BCUT2D eigenvalue weighted by Gasteiger charge is -2.35. The van der Waals surface area contributed by atoms with Gasteiger partial charge >= 0.3 is 0 Å². The van der Waals surface area contributed by atoms with E-state index in [1.165, 1.54) is 64.5 Å². The van der Waals surface area contributed by atoms with Gasteiger partial charge in [0.15, 0.2) is 5.76 Å². The van der Waals surface area contributed by atoms with Gasteiger partial charge in [0.2, 0.25) is 5.88 Å². The fourth-order valence-electron chi connectivity index (χ4n) is 5.01. The molecular weight excluding hydrogens is 420 g/mol. The van der Waals surface area contributed by atoms with E-state index in [0.29, 0.717) is 34.7 Å². The molecule has 1 aromatic rings. The Morgan fingerprint density at radius 2 is 1.97 bits per heavy atom. The van der Waals surface area contributed by atoms with Crippen molar-refractivity contribution in [2.75, 3.05) is 37.6 Å². The molecule has 1 aliphatic carbocycles. The lowest BCUT2D eigenvalue weighted by atomic mass is 9.88. The summed E-state index contributed by atoms with van der Waals surface area (Å²) in [5.41, 5.74) is 1.37. The third-order valence-corrected chi connectivity index (χ3v) is 7.28. The number of hydrogen-bond acceptors (Lipinski definition) is 5. The molecule has 2 fully saturated rings. The van der Waals surface area contributed by atoms with Gasteiger partial charge in [-0.3, -0.25) is 4.79 Å². The smallest absolute Gasteiger partial charge is 0.252 e. The molecule has 32 heavy (non-hydrogen) atoms. The summed E-state index contributed by atoms with van der Waals surface area (Å²) in [4.78, 5) is 22.6. The van der Waals surface area contributed by atoms with Crippen LogP contribution < -0.4 is 15.0 Å². The van der Waals surface area contributed by atoms with E-state index in [9.17, 15) is 4.79 Å². The largest absolute Gasteiger partial charge is 0.434 e. The third kappa shape index (κ3) is 5.67. The Bertz CT molecular complexity index is 844. The number of carbonyl (C=O) groups is 1. The number of thiocarbonyl (C=S) groups is 1. The Morgan fingerprint density at radius 1 is 1.22 bits per heavy atom. The summed E-state index contributed by atoms with van der Waals surface area (Å²) in [5, 5.41) is 3.06. The van der Waals surface area contributed by atoms with Crippen LogP contribution in [-0.4, -0.2) is 53.5 Å². The number of carbonyl (C=O) groups excluding carboxylic acids is 1. The highest BCUT2D eigenvalue weighted by Crippen LogP contribution is 2.37. The highest BCUT2D eigenvalue weighted by molar-refractivity contribution is 7.81. The molecule has 0 aromatic carbocycles. The fraction of sp³-hybridized carbons (Fsp3) is 0.640. The Hall–Kier alpha value is -1.99. The summed E-state index contributed by atoms with van der Waals surface area (Å²) in [6.45, 7) is 6.88. The average Bonchev–Trinajstić information content (AvgIpc) is 2.84. The average molecular weight is 457 g/mol. The van der Waals surface area contributed by atoms with Crippen molar-refractivity contribution < 1.29 is 9.53 Å². The van der Waals surface area contributed by atoms with Crippen molar-refractivity contribution in [3.05, 3.63) is 29.7 Å². The number of rotatable bonds is 7. The van der Waals surface area contributed by atoms with Crippen LogP contribution in [-0.2, 0) is 0 Å². The maximum absolute atomic E-state index is 12.8. The number of hydrogen-bond donors (Lipinski definition) is 1. The van der Waals surface area contributed by atoms with Crippen LogP contribution in [0.25, 0.3) is 0 Å². The molecule has 1 amide bonds. The van der Waals surface area contributed by atoms with Crippen LogP contribution in [0.2, 0.25) is 0 Å². The Balaban J connectivity index is 1.41. The molecule has 0 radical (unpaired) electrons. The number of nitrogens with zero attached hydrogens (tertiary/aromatic N) is 3. The standard InChI is InChI=1S/C25H36N4O2S/c1-2-22-25(32)29(18-19-10-5-3-6-11-19)21-16-20(17-27-24(21)31-22)23(30)26-12-9-15-28-13-7-4-8-14-28/h2,16-17,19H,3-15,18H2,1H3,(H,26,30)/b22-2-. The molecule has 4 rings (SSSR count). The van der Waals surface area contributed by atoms with E-state index in [4.69, 9.17) is 17.0 Å². The molecule has 1 N–H and O–H groups in total. The van der Waals surface area contributed by atoms with E-state index >= 15 is 0 Å². The number of allylic oxidation sites excluding steroid dienone is 1. The predicted octanol–water partition coefficient (Wildman–Crippen LogP) is 4.70. The molecule has 3 heterocycles. The van der Waals surface area contributed by atoms with Crippen LogP contribution in [0.15, 0.2) is 24.1 Å². The molecule has 0 unspecified atom stereocenters. The third-order valence-electron chi connectivity index (χ3n) is 6.86. The molecule has 6 nitrogen and oxygen atoms in total. The summed E-state index contributed by atoms with van der Waals surface area (Å²) in [7, 11) is 0. The maximum Gasteiger partial charge on any atom is 0.252 e. The molecule has 1 aromatic heterocycles. The van der Waals surface area contributed by atoms with Gasteiger partial charge in [-0.2, -0.15) is 0 Å². The van der Waals surface area contributed by atoms with Crippen LogP contribution >= 0.6 is 12.2 Å². The number of likely N-dealkylation sites (tertiary alicyclic amines) is 1. The molecule has 1 saturated carbocycles. The van der Waals surface area contributed by atoms with E-state index in [1.807, 2.05) is 19.1 Å². The summed E-state index contributed by atoms with van der Waals surface area (Å²) >= 11 is 5.75. The maximum atomic E-state index is 12.8. The lowest BCUT2D eigenvalue weighted by molar-refractivity contribution is 0.0950. The van der Waals surface area contributed by atoms with Crippen molar-refractivity contribution in [2.24, 2.45) is 5.92 Å². The van der Waals surface area contributed by atoms with Gasteiger partial charge < -0.3 is 19.9 Å². The van der Waals surface area contributed by atoms with E-state index in [0.717, 1.165) is 25.2 Å². The number of piperidine rings is 1. The quantitative estimate of drug-likeness (QED) is 0.365. The number of amides is 1. The Kier molecular flexibility index (Phi) is 8.14. The zero-order chi connectivity index (χ0) is 22.3. The number of anilines is 1. The van der Waals surface area contributed by atoms with Crippen LogP contribution in [0.5, 0.6) is 5.88 Å². The van der Waals surface area contributed by atoms with Gasteiger partial charge in [0, 0.05) is 19.3 Å². The summed E-state index contributed by atoms with van der Waals surface area (Å²) < 4.78 is 5.94. The molecule has 0 spiro atoms. The van der Waals surface area contributed by atoms with Gasteiger partial charge in [0.1, 0.15) is 10.7 Å². The highest BCUT2D eigenvalue weighted by Gasteiger charge is 2.31. The minimum atomic E-state index is -0.0840. The van der Waals surface area contributed by atoms with Gasteiger partial charge in [0.25, 0.3) is 5.91 Å². The molecule has 0 bridgehead atoms. The molecule has 0 atom stereocenters. The summed E-state index contributed by atoms with van der Waals surface area (Å²) in [6.07, 6.45) is 14.7. The normalized spacial score (nSPS) is 21.3. The van der Waals surface area contributed by atoms with Crippen molar-refractivity contribution in [1.29, 1.82) is 0 Å². The molecule has 2 aliphatic heterocycles. The second-order valence-corrected chi connectivity index (χ2v) is 9.62. The van der Waals surface area contributed by atoms with Crippen molar-refractivity contribution in [3.8, 4) is 5.88 Å². The molecular formula is C25H36N4O2S. The highest BCUT2D eigenvalue weighted by atomic mass is 32.1. The summed E-state index contributed by atoms with van der Waals surface area (Å²) in [5.74, 6) is 1.73. The van der Waals surface area contributed by atoms with Gasteiger partial charge in [-0.05, 0) is 76.7 Å².